The quantitative estimate of drug-likeness (QED) is 0.818. The molecule has 0 fully saturated rings. The summed E-state index contributed by atoms with van der Waals surface area (Å²) in [6.45, 7) is -0.396. The van der Waals surface area contributed by atoms with Crippen LogP contribution in [-0.2, 0) is 6.61 Å². The number of hydrogen-bond donors (Lipinski definition) is 1. The molecule has 0 aliphatic heterocycles. The molecular weight excluding hydrogens is 202 g/mol. The maximum atomic E-state index is 13.4. The minimum atomic E-state index is -0.747. The molecule has 2 rings (SSSR count). The van der Waals surface area contributed by atoms with E-state index in [-0.39, 0.29) is 11.3 Å². The van der Waals surface area contributed by atoms with Crippen LogP contribution in [0.1, 0.15) is 5.56 Å². The van der Waals surface area contributed by atoms with Gasteiger partial charge in [0.05, 0.1) is 6.61 Å². The molecule has 0 spiro atoms. The lowest BCUT2D eigenvalue weighted by molar-refractivity contribution is 0.280. The van der Waals surface area contributed by atoms with E-state index in [2.05, 4.69) is 5.10 Å². The van der Waals surface area contributed by atoms with Crippen molar-refractivity contribution in [3.8, 4) is 5.69 Å². The summed E-state index contributed by atoms with van der Waals surface area (Å²) in [6, 6.07) is 3.74. The lowest BCUT2D eigenvalue weighted by Gasteiger charge is -2.06. The fourth-order valence-electron chi connectivity index (χ4n) is 1.33. The van der Waals surface area contributed by atoms with Gasteiger partial charge in [0.15, 0.2) is 11.6 Å². The molecule has 1 aromatic heterocycles. The third-order valence-corrected chi connectivity index (χ3v) is 1.99. The van der Waals surface area contributed by atoms with Crippen molar-refractivity contribution in [1.29, 1.82) is 0 Å². The van der Waals surface area contributed by atoms with Crippen molar-refractivity contribution < 1.29 is 13.9 Å². The fraction of sp³-hybridized carbons (Fsp3) is 0.100. The first-order valence-corrected chi connectivity index (χ1v) is 4.31. The van der Waals surface area contributed by atoms with Crippen LogP contribution in [0.4, 0.5) is 8.78 Å². The van der Waals surface area contributed by atoms with Gasteiger partial charge in [-0.05, 0) is 23.8 Å². The molecule has 0 radical (unpaired) electrons. The fourth-order valence-corrected chi connectivity index (χ4v) is 1.33. The topological polar surface area (TPSA) is 38.0 Å². The zero-order chi connectivity index (χ0) is 10.8. The Labute approximate surface area is 84.6 Å². The maximum Gasteiger partial charge on any atom is 0.152 e. The number of halogens is 2. The van der Waals surface area contributed by atoms with Crippen LogP contribution >= 0.6 is 0 Å². The van der Waals surface area contributed by atoms with Crippen molar-refractivity contribution in [2.24, 2.45) is 0 Å². The van der Waals surface area contributed by atoms with Crippen LogP contribution in [0, 0.1) is 11.6 Å². The summed E-state index contributed by atoms with van der Waals surface area (Å²) in [4.78, 5) is 0. The molecule has 2 aromatic rings. The monoisotopic (exact) mass is 210 g/mol. The predicted octanol–water partition coefficient (Wildman–Crippen LogP) is 1.64. The molecule has 0 bridgehead atoms. The molecule has 0 aliphatic carbocycles. The number of rotatable bonds is 2. The molecule has 0 aliphatic rings. The highest BCUT2D eigenvalue weighted by Crippen LogP contribution is 2.18. The molecule has 5 heteroatoms. The summed E-state index contributed by atoms with van der Waals surface area (Å²) in [6.07, 6.45) is 2.87. The highest BCUT2D eigenvalue weighted by Gasteiger charge is 2.12. The Hall–Kier alpha value is -1.75. The molecule has 0 atom stereocenters. The van der Waals surface area contributed by atoms with Gasteiger partial charge in [-0.1, -0.05) is 0 Å². The summed E-state index contributed by atoms with van der Waals surface area (Å²) >= 11 is 0. The second-order valence-corrected chi connectivity index (χ2v) is 3.02. The zero-order valence-corrected chi connectivity index (χ0v) is 7.69. The van der Waals surface area contributed by atoms with E-state index < -0.39 is 18.2 Å². The molecule has 15 heavy (non-hydrogen) atoms. The summed E-state index contributed by atoms with van der Waals surface area (Å²) in [5.41, 5.74) is -0.0434. The van der Waals surface area contributed by atoms with E-state index in [4.69, 9.17) is 5.11 Å². The van der Waals surface area contributed by atoms with Crippen LogP contribution in [-0.4, -0.2) is 14.9 Å². The van der Waals surface area contributed by atoms with Crippen molar-refractivity contribution in [3.05, 3.63) is 47.8 Å². The van der Waals surface area contributed by atoms with Crippen LogP contribution in [0.3, 0.4) is 0 Å². The van der Waals surface area contributed by atoms with Gasteiger partial charge in [0.1, 0.15) is 5.69 Å². The van der Waals surface area contributed by atoms with Crippen molar-refractivity contribution in [2.75, 3.05) is 0 Å². The summed E-state index contributed by atoms with van der Waals surface area (Å²) in [5, 5.41) is 12.5. The minimum absolute atomic E-state index is 0.195. The van der Waals surface area contributed by atoms with Gasteiger partial charge in [0.2, 0.25) is 0 Å². The Morgan fingerprint density at radius 1 is 1.27 bits per heavy atom. The van der Waals surface area contributed by atoms with Gasteiger partial charge in [-0.15, -0.1) is 0 Å². The first-order valence-electron chi connectivity index (χ1n) is 4.31. The lowest BCUT2D eigenvalue weighted by atomic mass is 10.2. The second-order valence-electron chi connectivity index (χ2n) is 3.02. The van der Waals surface area contributed by atoms with E-state index in [1.165, 1.54) is 12.4 Å². The average molecular weight is 210 g/mol. The van der Waals surface area contributed by atoms with E-state index in [0.29, 0.717) is 0 Å². The maximum absolute atomic E-state index is 13.4. The minimum Gasteiger partial charge on any atom is -0.392 e. The summed E-state index contributed by atoms with van der Waals surface area (Å²) in [7, 11) is 0. The van der Waals surface area contributed by atoms with Crippen molar-refractivity contribution in [3.63, 3.8) is 0 Å². The molecule has 0 saturated carbocycles. The van der Waals surface area contributed by atoms with Gasteiger partial charge >= 0.3 is 0 Å². The second kappa shape index (κ2) is 3.78. The van der Waals surface area contributed by atoms with Crippen LogP contribution in [0.25, 0.3) is 5.69 Å². The lowest BCUT2D eigenvalue weighted by Crippen LogP contribution is -2.03. The third kappa shape index (κ3) is 1.73. The molecule has 0 saturated heterocycles. The largest absolute Gasteiger partial charge is 0.392 e. The standard InChI is InChI=1S/C10H8F2N2O/c11-8-4-7(6-15)5-9(12)10(8)14-3-1-2-13-14/h1-5,15H,6H2. The van der Waals surface area contributed by atoms with E-state index in [9.17, 15) is 8.78 Å². The SMILES string of the molecule is OCc1cc(F)c(-n2cccn2)c(F)c1. The smallest absolute Gasteiger partial charge is 0.152 e. The highest BCUT2D eigenvalue weighted by molar-refractivity contribution is 5.37. The molecule has 0 unspecified atom stereocenters. The van der Waals surface area contributed by atoms with Crippen LogP contribution in [0.5, 0.6) is 0 Å². The number of aliphatic hydroxyl groups is 1. The van der Waals surface area contributed by atoms with Crippen molar-refractivity contribution >= 4 is 0 Å². The van der Waals surface area contributed by atoms with Gasteiger partial charge in [-0.25, -0.2) is 13.5 Å². The number of aliphatic hydroxyl groups excluding tert-OH is 1. The van der Waals surface area contributed by atoms with E-state index >= 15 is 0 Å². The zero-order valence-electron chi connectivity index (χ0n) is 7.69. The summed E-state index contributed by atoms with van der Waals surface area (Å²) < 4.78 is 28.0. The molecule has 3 nitrogen and oxygen atoms in total. The Kier molecular flexibility index (Phi) is 2.47. The Morgan fingerprint density at radius 2 is 1.93 bits per heavy atom. The first kappa shape index (κ1) is 9.79. The third-order valence-electron chi connectivity index (χ3n) is 1.99. The van der Waals surface area contributed by atoms with Gasteiger partial charge in [-0.3, -0.25) is 0 Å². The Balaban J connectivity index is 2.58. The summed E-state index contributed by atoms with van der Waals surface area (Å²) in [5.74, 6) is -1.49. The molecule has 1 N–H and O–H groups in total. The van der Waals surface area contributed by atoms with Gasteiger partial charge in [-0.2, -0.15) is 5.10 Å². The van der Waals surface area contributed by atoms with Crippen LogP contribution in [0.15, 0.2) is 30.6 Å². The van der Waals surface area contributed by atoms with Crippen molar-refractivity contribution in [1.82, 2.24) is 9.78 Å². The van der Waals surface area contributed by atoms with Crippen molar-refractivity contribution in [2.45, 2.75) is 6.61 Å². The Morgan fingerprint density at radius 3 is 2.40 bits per heavy atom. The Bertz CT molecular complexity index is 445. The van der Waals surface area contributed by atoms with Crippen LogP contribution < -0.4 is 0 Å². The number of nitrogens with zero attached hydrogens (tertiary/aromatic N) is 2. The van der Waals surface area contributed by atoms with Gasteiger partial charge < -0.3 is 5.11 Å². The normalized spacial score (nSPS) is 10.6. The predicted molar refractivity (Wildman–Crippen MR) is 49.4 cm³/mol. The van der Waals surface area contributed by atoms with E-state index in [1.807, 2.05) is 0 Å². The molecular formula is C10H8F2N2O. The van der Waals surface area contributed by atoms with Gasteiger partial charge in [0.25, 0.3) is 0 Å². The number of aromatic nitrogens is 2. The first-order chi connectivity index (χ1) is 7.22. The van der Waals surface area contributed by atoms with E-state index in [1.54, 1.807) is 6.07 Å². The number of hydrogen-bond acceptors (Lipinski definition) is 2. The average Bonchev–Trinajstić information content (AvgIpc) is 2.69. The van der Waals surface area contributed by atoms with Gasteiger partial charge in [0, 0.05) is 12.4 Å². The molecule has 78 valence electrons. The van der Waals surface area contributed by atoms with Crippen LogP contribution in [0.2, 0.25) is 0 Å². The highest BCUT2D eigenvalue weighted by atomic mass is 19.1. The molecule has 1 heterocycles. The number of benzene rings is 1. The van der Waals surface area contributed by atoms with E-state index in [0.717, 1.165) is 16.8 Å². The molecule has 0 amide bonds. The molecule has 1 aromatic carbocycles.